The molecule has 3 heterocycles. The van der Waals surface area contributed by atoms with Crippen molar-refractivity contribution < 1.29 is 18.8 Å². The third-order valence-electron chi connectivity index (χ3n) is 11.1. The Morgan fingerprint density at radius 3 is 2.29 bits per heavy atom. The van der Waals surface area contributed by atoms with E-state index in [9.17, 15) is 4.79 Å². The van der Waals surface area contributed by atoms with Gasteiger partial charge in [-0.1, -0.05) is 49.2 Å². The molecule has 3 fully saturated rings. The molecule has 1 aromatic heterocycles. The lowest BCUT2D eigenvalue weighted by Crippen LogP contribution is -2.41. The highest BCUT2D eigenvalue weighted by atomic mass is 16.7. The van der Waals surface area contributed by atoms with Crippen molar-refractivity contribution in [2.75, 3.05) is 6.54 Å². The van der Waals surface area contributed by atoms with E-state index < -0.39 is 5.60 Å². The van der Waals surface area contributed by atoms with Crippen molar-refractivity contribution in [1.29, 1.82) is 0 Å². The maximum absolute atomic E-state index is 12.9. The molecule has 0 bridgehead atoms. The molecule has 1 N–H and O–H groups in total. The number of hydrogen-bond acceptors (Lipinski definition) is 5. The summed E-state index contributed by atoms with van der Waals surface area (Å²) in [6, 6.07) is 13.3. The van der Waals surface area contributed by atoms with Crippen LogP contribution < -0.4 is 5.46 Å². The quantitative estimate of drug-likeness (QED) is 0.305. The van der Waals surface area contributed by atoms with Crippen LogP contribution >= 0.6 is 0 Å². The van der Waals surface area contributed by atoms with Crippen LogP contribution in [0.3, 0.4) is 0 Å². The summed E-state index contributed by atoms with van der Waals surface area (Å²) in [7, 11) is -0.337. The summed E-state index contributed by atoms with van der Waals surface area (Å²) in [5, 5.41) is 0. The predicted octanol–water partition coefficient (Wildman–Crippen LogP) is 7.87. The Kier molecular flexibility index (Phi) is 7.29. The fraction of sp³-hybridized carbons (Fsp3) is 0.568. The average molecular weight is 610 g/mol. The van der Waals surface area contributed by atoms with Gasteiger partial charge < -0.3 is 19.0 Å². The predicted molar refractivity (Wildman–Crippen MR) is 179 cm³/mol. The molecule has 0 radical (unpaired) electrons. The maximum atomic E-state index is 12.9. The van der Waals surface area contributed by atoms with Crippen molar-refractivity contribution in [3.8, 4) is 22.4 Å². The van der Waals surface area contributed by atoms with Crippen LogP contribution in [0.4, 0.5) is 4.79 Å². The Hall–Kier alpha value is -3.10. The third kappa shape index (κ3) is 5.32. The van der Waals surface area contributed by atoms with Gasteiger partial charge in [0, 0.05) is 6.54 Å². The molecule has 4 aliphatic rings. The molecule has 2 aromatic carbocycles. The van der Waals surface area contributed by atoms with Gasteiger partial charge in [-0.15, -0.1) is 0 Å². The van der Waals surface area contributed by atoms with Gasteiger partial charge in [0.25, 0.3) is 0 Å². The Bertz CT molecular complexity index is 1580. The van der Waals surface area contributed by atoms with Crippen molar-refractivity contribution in [3.63, 3.8) is 0 Å². The van der Waals surface area contributed by atoms with Crippen molar-refractivity contribution in [2.45, 2.75) is 128 Å². The molecule has 1 spiro atoms. The molecule has 1 atom stereocenters. The fourth-order valence-corrected chi connectivity index (χ4v) is 8.10. The molecule has 45 heavy (non-hydrogen) atoms. The number of imidazole rings is 1. The summed E-state index contributed by atoms with van der Waals surface area (Å²) >= 11 is 0. The van der Waals surface area contributed by atoms with Crippen molar-refractivity contribution in [1.82, 2.24) is 14.9 Å². The average Bonchev–Trinajstić information content (AvgIpc) is 3.80. The molecule has 2 aliphatic carbocycles. The number of amides is 1. The van der Waals surface area contributed by atoms with Gasteiger partial charge in [0.1, 0.15) is 11.4 Å². The lowest BCUT2D eigenvalue weighted by molar-refractivity contribution is 0.00578. The first-order chi connectivity index (χ1) is 21.3. The highest BCUT2D eigenvalue weighted by molar-refractivity contribution is 6.62. The zero-order chi connectivity index (χ0) is 31.8. The third-order valence-corrected chi connectivity index (χ3v) is 11.1. The summed E-state index contributed by atoms with van der Waals surface area (Å²) in [5.41, 5.74) is 7.80. The SMILES string of the molecule is CC(C)(C)OC(=O)N1CCC[C@H]1c1ncc(-c2ccc(-c3ccc(B4OC(C)(C)C(C)(C)O4)c4c3CCC43CCCC3)cc2)[nH]1. The second-order valence-electron chi connectivity index (χ2n) is 15.7. The van der Waals surface area contributed by atoms with Crippen molar-refractivity contribution >= 4 is 18.7 Å². The van der Waals surface area contributed by atoms with Crippen LogP contribution in [-0.4, -0.2) is 51.4 Å². The van der Waals surface area contributed by atoms with Crippen LogP contribution in [0.2, 0.25) is 0 Å². The van der Waals surface area contributed by atoms with Crippen LogP contribution in [0.25, 0.3) is 22.4 Å². The molecule has 0 unspecified atom stereocenters. The van der Waals surface area contributed by atoms with Gasteiger partial charge in [0.2, 0.25) is 0 Å². The molecule has 7 nitrogen and oxygen atoms in total. The summed E-state index contributed by atoms with van der Waals surface area (Å²) in [6.07, 6.45) is 10.8. The van der Waals surface area contributed by atoms with Gasteiger partial charge >= 0.3 is 13.2 Å². The number of rotatable bonds is 4. The number of aromatic nitrogens is 2. The lowest BCUT2D eigenvalue weighted by Gasteiger charge is -2.32. The smallest absolute Gasteiger partial charge is 0.444 e. The zero-order valence-corrected chi connectivity index (χ0v) is 28.1. The Morgan fingerprint density at radius 2 is 1.62 bits per heavy atom. The van der Waals surface area contributed by atoms with Gasteiger partial charge in [0.05, 0.1) is 29.1 Å². The van der Waals surface area contributed by atoms with E-state index in [2.05, 4.69) is 69.1 Å². The number of hydrogen-bond donors (Lipinski definition) is 1. The number of aromatic amines is 1. The van der Waals surface area contributed by atoms with Crippen LogP contribution in [0.1, 0.15) is 116 Å². The number of carbonyl (C=O) groups is 1. The van der Waals surface area contributed by atoms with Crippen LogP contribution in [0, 0.1) is 0 Å². The second kappa shape index (κ2) is 10.7. The summed E-state index contributed by atoms with van der Waals surface area (Å²) in [4.78, 5) is 22.9. The van der Waals surface area contributed by atoms with E-state index in [1.807, 2.05) is 31.9 Å². The van der Waals surface area contributed by atoms with E-state index >= 15 is 0 Å². The number of likely N-dealkylation sites (tertiary alicyclic amines) is 1. The molecule has 8 heteroatoms. The maximum Gasteiger partial charge on any atom is 0.495 e. The van der Waals surface area contributed by atoms with Gasteiger partial charge in [-0.3, -0.25) is 4.90 Å². The number of H-pyrrole nitrogens is 1. The molecule has 2 aliphatic heterocycles. The van der Waals surface area contributed by atoms with Gasteiger partial charge in [-0.25, -0.2) is 9.78 Å². The normalized spacial score (nSPS) is 23.2. The summed E-state index contributed by atoms with van der Waals surface area (Å²) in [5.74, 6) is 0.815. The van der Waals surface area contributed by atoms with Crippen molar-refractivity contribution in [3.05, 3.63) is 59.5 Å². The molecule has 1 saturated carbocycles. The summed E-state index contributed by atoms with van der Waals surface area (Å²) in [6.45, 7) is 15.0. The van der Waals surface area contributed by atoms with Gasteiger partial charge in [-0.05, 0) is 126 Å². The molecule has 238 valence electrons. The number of carbonyl (C=O) groups excluding carboxylic acids is 1. The Morgan fingerprint density at radius 1 is 0.956 bits per heavy atom. The molecular weight excluding hydrogens is 561 g/mol. The Labute approximate surface area is 268 Å². The minimum atomic E-state index is -0.523. The van der Waals surface area contributed by atoms with Gasteiger partial charge in [0.15, 0.2) is 0 Å². The second-order valence-corrected chi connectivity index (χ2v) is 15.7. The molecule has 1 amide bonds. The topological polar surface area (TPSA) is 76.7 Å². The standard InChI is InChI=1S/C37H48BN3O4/c1-34(2,3)43-33(42)41-22-10-11-30(41)32-39-23-29(40-32)25-14-12-24(13-15-25)26-16-17-28(38-44-35(4,5)36(6,7)45-38)31-27(26)18-21-37(31)19-8-9-20-37/h12-17,23,30H,8-11,18-22H2,1-7H3,(H,39,40)/t30-/m0/s1. The first kappa shape index (κ1) is 30.6. The van der Waals surface area contributed by atoms with Crippen LogP contribution in [-0.2, 0) is 25.9 Å². The van der Waals surface area contributed by atoms with Crippen molar-refractivity contribution in [2.24, 2.45) is 0 Å². The number of nitrogens with one attached hydrogen (secondary N) is 1. The molecular formula is C37H48BN3O4. The largest absolute Gasteiger partial charge is 0.495 e. The molecule has 3 aromatic rings. The highest BCUT2D eigenvalue weighted by Crippen LogP contribution is 2.52. The van der Waals surface area contributed by atoms with Gasteiger partial charge in [-0.2, -0.15) is 0 Å². The van der Waals surface area contributed by atoms with E-state index in [0.717, 1.165) is 36.3 Å². The van der Waals surface area contributed by atoms with E-state index in [1.165, 1.54) is 59.8 Å². The lowest BCUT2D eigenvalue weighted by atomic mass is 9.67. The molecule has 2 saturated heterocycles. The monoisotopic (exact) mass is 609 g/mol. The summed E-state index contributed by atoms with van der Waals surface area (Å²) < 4.78 is 18.9. The van der Waals surface area contributed by atoms with Crippen LogP contribution in [0.15, 0.2) is 42.6 Å². The van der Waals surface area contributed by atoms with Crippen LogP contribution in [0.5, 0.6) is 0 Å². The first-order valence-electron chi connectivity index (χ1n) is 16.9. The first-order valence-corrected chi connectivity index (χ1v) is 16.9. The number of ether oxygens (including phenoxy) is 1. The molecule has 7 rings (SSSR count). The van der Waals surface area contributed by atoms with E-state index in [0.29, 0.717) is 6.54 Å². The van der Waals surface area contributed by atoms with E-state index in [4.69, 9.17) is 19.0 Å². The minimum absolute atomic E-state index is 0.0964. The number of nitrogens with zero attached hydrogens (tertiary/aromatic N) is 2. The fourth-order valence-electron chi connectivity index (χ4n) is 8.10. The zero-order valence-electron chi connectivity index (χ0n) is 28.1. The van der Waals surface area contributed by atoms with E-state index in [1.54, 1.807) is 0 Å². The minimum Gasteiger partial charge on any atom is -0.444 e. The number of fused-ring (bicyclic) bond motifs is 2. The Balaban J connectivity index is 1.17. The highest BCUT2D eigenvalue weighted by Gasteiger charge is 2.54. The number of benzene rings is 2. The van der Waals surface area contributed by atoms with E-state index in [-0.39, 0.29) is 35.9 Å².